The molecule has 1 aliphatic heterocycles. The number of aryl methyl sites for hydroxylation is 1. The highest BCUT2D eigenvalue weighted by atomic mass is 16.5. The van der Waals surface area contributed by atoms with Gasteiger partial charge in [0.15, 0.2) is 11.5 Å². The lowest BCUT2D eigenvalue weighted by Crippen LogP contribution is -2.44. The van der Waals surface area contributed by atoms with Gasteiger partial charge in [0, 0.05) is 38.3 Å². The van der Waals surface area contributed by atoms with E-state index < -0.39 is 0 Å². The number of methoxy groups -OCH3 is 2. The molecule has 4 rings (SSSR count). The summed E-state index contributed by atoms with van der Waals surface area (Å²) in [4.78, 5) is 33.6. The van der Waals surface area contributed by atoms with Crippen molar-refractivity contribution in [3.63, 3.8) is 0 Å². The molecule has 0 bridgehead atoms. The summed E-state index contributed by atoms with van der Waals surface area (Å²) >= 11 is 0. The lowest BCUT2D eigenvalue weighted by atomic mass is 10.0. The van der Waals surface area contributed by atoms with Crippen LogP contribution in [-0.4, -0.2) is 93.2 Å². The van der Waals surface area contributed by atoms with E-state index in [-0.39, 0.29) is 18.4 Å². The van der Waals surface area contributed by atoms with E-state index in [1.807, 2.05) is 54.6 Å². The van der Waals surface area contributed by atoms with Gasteiger partial charge in [0.05, 0.1) is 40.2 Å². The van der Waals surface area contributed by atoms with Crippen molar-refractivity contribution < 1.29 is 28.2 Å². The molecule has 9 nitrogen and oxygen atoms in total. The van der Waals surface area contributed by atoms with Gasteiger partial charge < -0.3 is 28.4 Å². The van der Waals surface area contributed by atoms with Gasteiger partial charge >= 0.3 is 0 Å². The number of ether oxygens (including phenoxy) is 3. The number of benzene rings is 2. The summed E-state index contributed by atoms with van der Waals surface area (Å²) in [5.74, 6) is 1.75. The summed E-state index contributed by atoms with van der Waals surface area (Å²) in [5, 5.41) is 0. The van der Waals surface area contributed by atoms with E-state index in [0.717, 1.165) is 57.7 Å². The van der Waals surface area contributed by atoms with Crippen LogP contribution in [0.1, 0.15) is 59.9 Å². The number of carbonyl (C=O) groups is 2. The van der Waals surface area contributed by atoms with Gasteiger partial charge in [-0.25, -0.2) is 0 Å². The molecule has 1 aliphatic rings. The number of hydrogen-bond donors (Lipinski definition) is 0. The summed E-state index contributed by atoms with van der Waals surface area (Å²) in [6.07, 6.45) is 7.51. The Bertz CT molecular complexity index is 1300. The lowest BCUT2D eigenvalue weighted by Gasteiger charge is -2.30. The maximum atomic E-state index is 13.9. The Kier molecular flexibility index (Phi) is 13.8. The molecule has 9 heteroatoms. The molecule has 2 amide bonds. The Hall–Kier alpha value is -3.82. The van der Waals surface area contributed by atoms with Crippen LogP contribution in [0.5, 0.6) is 11.5 Å². The zero-order chi connectivity index (χ0) is 31.9. The second kappa shape index (κ2) is 18.2. The van der Waals surface area contributed by atoms with E-state index in [9.17, 15) is 9.59 Å². The van der Waals surface area contributed by atoms with Gasteiger partial charge in [0.1, 0.15) is 12.3 Å². The summed E-state index contributed by atoms with van der Waals surface area (Å²) in [6.45, 7) is 7.55. The summed E-state index contributed by atoms with van der Waals surface area (Å²) in [5.41, 5.74) is 2.86. The minimum atomic E-state index is -0.122. The molecule has 1 saturated heterocycles. The van der Waals surface area contributed by atoms with Crippen LogP contribution >= 0.6 is 0 Å². The van der Waals surface area contributed by atoms with Gasteiger partial charge in [-0.3, -0.25) is 14.5 Å². The van der Waals surface area contributed by atoms with Crippen LogP contribution in [0.3, 0.4) is 0 Å². The number of amides is 2. The van der Waals surface area contributed by atoms with Gasteiger partial charge in [-0.2, -0.15) is 0 Å². The maximum Gasteiger partial charge on any atom is 0.254 e. The molecule has 1 aromatic heterocycles. The third kappa shape index (κ3) is 10.6. The van der Waals surface area contributed by atoms with Gasteiger partial charge in [-0.15, -0.1) is 0 Å². The first kappa shape index (κ1) is 34.1. The molecule has 1 fully saturated rings. The molecule has 3 aromatic rings. The maximum absolute atomic E-state index is 13.9. The summed E-state index contributed by atoms with van der Waals surface area (Å²) < 4.78 is 21.9. The SMILES string of the molecule is CCCCCc1ccc(C(=O)N(CCCN2CCOCC2)CC(=O)N(CCc2ccc(OC)c(OC)c2)Cc2ccco2)cc1. The number of morpholine rings is 1. The fraction of sp³-hybridized carbons (Fsp3) is 0.500. The first-order valence-corrected chi connectivity index (χ1v) is 16.2. The molecule has 2 heterocycles. The molecule has 0 unspecified atom stereocenters. The van der Waals surface area contributed by atoms with Gasteiger partial charge in [0.25, 0.3) is 5.91 Å². The van der Waals surface area contributed by atoms with Crippen molar-refractivity contribution >= 4 is 11.8 Å². The summed E-state index contributed by atoms with van der Waals surface area (Å²) in [7, 11) is 3.22. The third-order valence-electron chi connectivity index (χ3n) is 8.29. The van der Waals surface area contributed by atoms with Crippen molar-refractivity contribution in [2.75, 3.05) is 66.7 Å². The first-order chi connectivity index (χ1) is 22.0. The fourth-order valence-corrected chi connectivity index (χ4v) is 5.58. The number of nitrogens with zero attached hydrogens (tertiary/aromatic N) is 3. The van der Waals surface area contributed by atoms with E-state index in [2.05, 4.69) is 11.8 Å². The lowest BCUT2D eigenvalue weighted by molar-refractivity contribution is -0.132. The minimum Gasteiger partial charge on any atom is -0.493 e. The van der Waals surface area contributed by atoms with Crippen LogP contribution in [0.15, 0.2) is 65.3 Å². The van der Waals surface area contributed by atoms with Crippen molar-refractivity contribution in [1.82, 2.24) is 14.7 Å². The monoisotopic (exact) mass is 619 g/mol. The molecular weight excluding hydrogens is 570 g/mol. The number of carbonyl (C=O) groups excluding carboxylic acids is 2. The van der Waals surface area contributed by atoms with Gasteiger partial charge in [-0.05, 0) is 73.2 Å². The third-order valence-corrected chi connectivity index (χ3v) is 8.29. The van der Waals surface area contributed by atoms with Crippen LogP contribution in [0, 0.1) is 0 Å². The number of furan rings is 1. The van der Waals surface area contributed by atoms with Crippen LogP contribution in [0.2, 0.25) is 0 Å². The first-order valence-electron chi connectivity index (χ1n) is 16.2. The average Bonchev–Trinajstić information content (AvgIpc) is 3.60. The molecule has 0 spiro atoms. The van der Waals surface area contributed by atoms with E-state index in [1.165, 1.54) is 18.4 Å². The Labute approximate surface area is 268 Å². The number of rotatable bonds is 18. The smallest absolute Gasteiger partial charge is 0.254 e. The molecule has 45 heavy (non-hydrogen) atoms. The van der Waals surface area contributed by atoms with Crippen LogP contribution in [0.4, 0.5) is 0 Å². The molecule has 0 atom stereocenters. The molecule has 0 aliphatic carbocycles. The second-order valence-electron chi connectivity index (χ2n) is 11.5. The van der Waals surface area contributed by atoms with Crippen molar-refractivity contribution in [3.8, 4) is 11.5 Å². The van der Waals surface area contributed by atoms with E-state index >= 15 is 0 Å². The molecule has 2 aromatic carbocycles. The minimum absolute atomic E-state index is 0.00711. The highest BCUT2D eigenvalue weighted by Gasteiger charge is 2.24. The number of hydrogen-bond acceptors (Lipinski definition) is 7. The normalized spacial score (nSPS) is 13.4. The van der Waals surface area contributed by atoms with Gasteiger partial charge in [-0.1, -0.05) is 38.0 Å². The van der Waals surface area contributed by atoms with E-state index in [4.69, 9.17) is 18.6 Å². The Balaban J connectivity index is 1.47. The van der Waals surface area contributed by atoms with E-state index in [0.29, 0.717) is 48.9 Å². The second-order valence-corrected chi connectivity index (χ2v) is 11.5. The van der Waals surface area contributed by atoms with Gasteiger partial charge in [0.2, 0.25) is 5.91 Å². The quantitative estimate of drug-likeness (QED) is 0.175. The molecule has 0 saturated carbocycles. The van der Waals surface area contributed by atoms with Crippen LogP contribution < -0.4 is 9.47 Å². The Morgan fingerprint density at radius 2 is 1.60 bits per heavy atom. The number of unbranched alkanes of at least 4 members (excludes halogenated alkanes) is 2. The fourth-order valence-electron chi connectivity index (χ4n) is 5.58. The zero-order valence-electron chi connectivity index (χ0n) is 27.2. The molecule has 244 valence electrons. The van der Waals surface area contributed by atoms with Crippen molar-refractivity contribution in [2.45, 2.75) is 52.0 Å². The van der Waals surface area contributed by atoms with Crippen molar-refractivity contribution in [2.24, 2.45) is 0 Å². The zero-order valence-corrected chi connectivity index (χ0v) is 27.2. The standard InChI is InChI=1S/C36H49N3O6/c1-4-5-6-9-29-11-14-31(15-12-29)36(41)39(19-8-18-37-21-24-44-25-22-37)28-35(40)38(27-32-10-7-23-45-32)20-17-30-13-16-33(42-2)34(26-30)43-3/h7,10-16,23,26H,4-6,8-9,17-22,24-25,27-28H2,1-3H3. The largest absolute Gasteiger partial charge is 0.493 e. The Morgan fingerprint density at radius 3 is 2.29 bits per heavy atom. The topological polar surface area (TPSA) is 84.7 Å². The highest BCUT2D eigenvalue weighted by Crippen LogP contribution is 2.28. The van der Waals surface area contributed by atoms with Crippen molar-refractivity contribution in [3.05, 3.63) is 83.3 Å². The van der Waals surface area contributed by atoms with Crippen molar-refractivity contribution in [1.29, 1.82) is 0 Å². The molecule has 0 radical (unpaired) electrons. The average molecular weight is 620 g/mol. The van der Waals surface area contributed by atoms with E-state index in [1.54, 1.807) is 30.3 Å². The Morgan fingerprint density at radius 1 is 0.844 bits per heavy atom. The highest BCUT2D eigenvalue weighted by molar-refractivity contribution is 5.96. The van der Waals surface area contributed by atoms with Crippen LogP contribution in [0.25, 0.3) is 0 Å². The predicted molar refractivity (Wildman–Crippen MR) is 175 cm³/mol. The van der Waals surface area contributed by atoms with Crippen LogP contribution in [-0.2, 0) is 28.9 Å². The predicted octanol–water partition coefficient (Wildman–Crippen LogP) is 5.47. The molecule has 0 N–H and O–H groups in total. The summed E-state index contributed by atoms with van der Waals surface area (Å²) in [6, 6.07) is 17.4. The molecular formula is C36H49N3O6.